The first-order chi connectivity index (χ1) is 8.20. The lowest BCUT2D eigenvalue weighted by Crippen LogP contribution is -2.01. The van der Waals surface area contributed by atoms with E-state index in [1.54, 1.807) is 16.9 Å². The van der Waals surface area contributed by atoms with Crippen molar-refractivity contribution in [1.29, 1.82) is 0 Å². The van der Waals surface area contributed by atoms with E-state index in [2.05, 4.69) is 5.10 Å². The number of nitrogens with zero attached hydrogens (tertiary/aromatic N) is 2. The molecule has 4 heteroatoms. The smallest absolute Gasteiger partial charge is 0.196 e. The van der Waals surface area contributed by atoms with Gasteiger partial charge in [-0.15, -0.1) is 0 Å². The molecule has 0 N–H and O–H groups in total. The number of hydrogen-bond donors (Lipinski definition) is 0. The van der Waals surface area contributed by atoms with Crippen LogP contribution in [0.25, 0.3) is 0 Å². The second kappa shape index (κ2) is 4.91. The predicted octanol–water partition coefficient (Wildman–Crippen LogP) is 2.66. The molecule has 2 rings (SSSR count). The van der Waals surface area contributed by atoms with Crippen LogP contribution in [0.4, 0.5) is 4.39 Å². The summed E-state index contributed by atoms with van der Waals surface area (Å²) in [6.07, 6.45) is 4.16. The van der Waals surface area contributed by atoms with Gasteiger partial charge in [0.1, 0.15) is 5.82 Å². The van der Waals surface area contributed by atoms with E-state index in [0.29, 0.717) is 11.1 Å². The first-order valence-electron chi connectivity index (χ1n) is 5.53. The van der Waals surface area contributed by atoms with Gasteiger partial charge >= 0.3 is 0 Å². The lowest BCUT2D eigenvalue weighted by molar-refractivity contribution is 0.103. The highest BCUT2D eigenvalue weighted by molar-refractivity contribution is 6.08. The minimum absolute atomic E-state index is 0.202. The number of carbonyl (C=O) groups excluding carboxylic acids is 1. The van der Waals surface area contributed by atoms with E-state index in [1.807, 2.05) is 6.92 Å². The first-order valence-corrected chi connectivity index (χ1v) is 5.53. The van der Waals surface area contributed by atoms with Gasteiger partial charge in [0, 0.05) is 18.3 Å². The number of halogens is 1. The average molecular weight is 232 g/mol. The van der Waals surface area contributed by atoms with Gasteiger partial charge in [-0.3, -0.25) is 9.48 Å². The molecule has 0 aliphatic rings. The Hall–Kier alpha value is -1.97. The molecule has 1 aromatic carbocycles. The maximum atomic E-state index is 13.0. The van der Waals surface area contributed by atoms with Gasteiger partial charge in [0.05, 0.1) is 11.8 Å². The van der Waals surface area contributed by atoms with Gasteiger partial charge < -0.3 is 0 Å². The predicted molar refractivity (Wildman–Crippen MR) is 62.4 cm³/mol. The van der Waals surface area contributed by atoms with Crippen LogP contribution in [0, 0.1) is 5.82 Å². The lowest BCUT2D eigenvalue weighted by atomic mass is 10.1. The Bertz CT molecular complexity index is 534. The van der Waals surface area contributed by atoms with Gasteiger partial charge in [-0.05, 0) is 18.6 Å². The van der Waals surface area contributed by atoms with Gasteiger partial charge in [0.2, 0.25) is 0 Å². The van der Waals surface area contributed by atoms with Crippen molar-refractivity contribution in [3.63, 3.8) is 0 Å². The number of ketones is 1. The minimum atomic E-state index is -0.406. The molecule has 0 saturated heterocycles. The Morgan fingerprint density at radius 1 is 1.41 bits per heavy atom. The molecule has 0 bridgehead atoms. The fourth-order valence-electron chi connectivity index (χ4n) is 1.63. The van der Waals surface area contributed by atoms with Crippen LogP contribution >= 0.6 is 0 Å². The molecule has 1 aromatic heterocycles. The van der Waals surface area contributed by atoms with E-state index < -0.39 is 5.82 Å². The Balaban J connectivity index is 2.24. The fourth-order valence-corrected chi connectivity index (χ4v) is 1.63. The van der Waals surface area contributed by atoms with Crippen LogP contribution < -0.4 is 0 Å². The van der Waals surface area contributed by atoms with Crippen molar-refractivity contribution in [2.75, 3.05) is 0 Å². The van der Waals surface area contributed by atoms with Crippen LogP contribution in [0.2, 0.25) is 0 Å². The molecular formula is C13H13FN2O. The van der Waals surface area contributed by atoms with Crippen molar-refractivity contribution in [2.45, 2.75) is 19.9 Å². The van der Waals surface area contributed by atoms with E-state index in [0.717, 1.165) is 13.0 Å². The molecule has 0 aliphatic carbocycles. The molecule has 0 saturated carbocycles. The highest BCUT2D eigenvalue weighted by atomic mass is 19.1. The van der Waals surface area contributed by atoms with Crippen LogP contribution in [0.5, 0.6) is 0 Å². The number of benzene rings is 1. The number of aromatic nitrogens is 2. The van der Waals surface area contributed by atoms with Gasteiger partial charge in [0.25, 0.3) is 0 Å². The van der Waals surface area contributed by atoms with E-state index in [-0.39, 0.29) is 5.78 Å². The van der Waals surface area contributed by atoms with Gasteiger partial charge in [-0.2, -0.15) is 5.10 Å². The minimum Gasteiger partial charge on any atom is -0.288 e. The molecule has 0 amide bonds. The summed E-state index contributed by atoms with van der Waals surface area (Å²) in [5.41, 5.74) is 0.838. The van der Waals surface area contributed by atoms with E-state index in [1.165, 1.54) is 24.4 Å². The maximum Gasteiger partial charge on any atom is 0.196 e. The molecule has 0 fully saturated rings. The molecule has 0 unspecified atom stereocenters. The Labute approximate surface area is 98.9 Å². The van der Waals surface area contributed by atoms with Crippen molar-refractivity contribution in [1.82, 2.24) is 9.78 Å². The highest BCUT2D eigenvalue weighted by Gasteiger charge is 2.11. The van der Waals surface area contributed by atoms with Crippen LogP contribution in [-0.2, 0) is 6.54 Å². The van der Waals surface area contributed by atoms with Crippen LogP contribution in [0.1, 0.15) is 29.3 Å². The zero-order chi connectivity index (χ0) is 12.3. The average Bonchev–Trinajstić information content (AvgIpc) is 2.77. The summed E-state index contributed by atoms with van der Waals surface area (Å²) in [4.78, 5) is 12.0. The largest absolute Gasteiger partial charge is 0.288 e. The third-order valence-electron chi connectivity index (χ3n) is 2.43. The summed E-state index contributed by atoms with van der Waals surface area (Å²) >= 11 is 0. The molecule has 17 heavy (non-hydrogen) atoms. The lowest BCUT2D eigenvalue weighted by Gasteiger charge is -1.98. The molecule has 0 aliphatic heterocycles. The third kappa shape index (κ3) is 2.58. The summed E-state index contributed by atoms with van der Waals surface area (Å²) in [6, 6.07) is 5.68. The standard InChI is InChI=1S/C13H13FN2O/c1-2-6-16-9-11(8-15-16)13(17)10-4-3-5-12(14)7-10/h3-5,7-9H,2,6H2,1H3. The van der Waals surface area contributed by atoms with E-state index in [9.17, 15) is 9.18 Å². The van der Waals surface area contributed by atoms with Gasteiger partial charge in [-0.1, -0.05) is 19.1 Å². The van der Waals surface area contributed by atoms with Crippen LogP contribution in [-0.4, -0.2) is 15.6 Å². The molecular weight excluding hydrogens is 219 g/mol. The maximum absolute atomic E-state index is 13.0. The zero-order valence-electron chi connectivity index (χ0n) is 9.56. The molecule has 88 valence electrons. The second-order valence-electron chi connectivity index (χ2n) is 3.83. The summed E-state index contributed by atoms with van der Waals surface area (Å²) < 4.78 is 14.7. The van der Waals surface area contributed by atoms with Crippen LogP contribution in [0.3, 0.4) is 0 Å². The highest BCUT2D eigenvalue weighted by Crippen LogP contribution is 2.10. The first kappa shape index (κ1) is 11.5. The Morgan fingerprint density at radius 3 is 2.94 bits per heavy atom. The number of carbonyl (C=O) groups is 1. The van der Waals surface area contributed by atoms with Crippen molar-refractivity contribution < 1.29 is 9.18 Å². The topological polar surface area (TPSA) is 34.9 Å². The van der Waals surface area contributed by atoms with Crippen molar-refractivity contribution in [3.8, 4) is 0 Å². The molecule has 0 spiro atoms. The fraction of sp³-hybridized carbons (Fsp3) is 0.231. The van der Waals surface area contributed by atoms with Gasteiger partial charge in [0.15, 0.2) is 5.78 Å². The van der Waals surface area contributed by atoms with Crippen molar-refractivity contribution >= 4 is 5.78 Å². The van der Waals surface area contributed by atoms with E-state index >= 15 is 0 Å². The molecule has 1 heterocycles. The monoisotopic (exact) mass is 232 g/mol. The molecule has 0 atom stereocenters. The van der Waals surface area contributed by atoms with Crippen molar-refractivity contribution in [2.24, 2.45) is 0 Å². The summed E-state index contributed by atoms with van der Waals surface area (Å²) in [5.74, 6) is -0.608. The third-order valence-corrected chi connectivity index (χ3v) is 2.43. The molecule has 3 nitrogen and oxygen atoms in total. The second-order valence-corrected chi connectivity index (χ2v) is 3.83. The SMILES string of the molecule is CCCn1cc(C(=O)c2cccc(F)c2)cn1. The normalized spacial score (nSPS) is 10.5. The quantitative estimate of drug-likeness (QED) is 0.759. The Morgan fingerprint density at radius 2 is 2.24 bits per heavy atom. The molecule has 0 radical (unpaired) electrons. The number of aryl methyl sites for hydroxylation is 1. The Kier molecular flexibility index (Phi) is 3.32. The van der Waals surface area contributed by atoms with Crippen molar-refractivity contribution in [3.05, 3.63) is 53.6 Å². The zero-order valence-corrected chi connectivity index (χ0v) is 9.56. The summed E-state index contributed by atoms with van der Waals surface area (Å²) in [6.45, 7) is 2.81. The summed E-state index contributed by atoms with van der Waals surface area (Å²) in [5, 5.41) is 4.08. The van der Waals surface area contributed by atoms with Crippen LogP contribution in [0.15, 0.2) is 36.7 Å². The van der Waals surface area contributed by atoms with Gasteiger partial charge in [-0.25, -0.2) is 4.39 Å². The summed E-state index contributed by atoms with van der Waals surface area (Å²) in [7, 11) is 0. The number of rotatable bonds is 4. The van der Waals surface area contributed by atoms with E-state index in [4.69, 9.17) is 0 Å². The number of hydrogen-bond acceptors (Lipinski definition) is 2. The molecule has 2 aromatic rings.